The Hall–Kier alpha value is -0.585. The van der Waals surface area contributed by atoms with Crippen molar-refractivity contribution >= 4 is 88.0 Å². The molecule has 0 saturated carbocycles. The maximum atomic E-state index is 7.48. The van der Waals surface area contributed by atoms with E-state index in [1.807, 2.05) is 0 Å². The van der Waals surface area contributed by atoms with Crippen LogP contribution in [0.4, 0.5) is 0 Å². The zero-order valence-corrected chi connectivity index (χ0v) is 20.6. The number of hydrogen-bond acceptors (Lipinski definition) is 0. The van der Waals surface area contributed by atoms with Gasteiger partial charge in [0.1, 0.15) is 0 Å². The van der Waals surface area contributed by atoms with E-state index in [-0.39, 0.29) is 0 Å². The van der Waals surface area contributed by atoms with E-state index >= 15 is 0 Å². The molecule has 0 atom stereocenters. The van der Waals surface area contributed by atoms with Crippen LogP contribution in [0.15, 0.2) is 72.8 Å². The predicted octanol–water partition coefficient (Wildman–Crippen LogP) is 3.58. The van der Waals surface area contributed by atoms with Crippen molar-refractivity contribution in [2.24, 2.45) is 0 Å². The topological polar surface area (TPSA) is 0 Å². The molecule has 0 nitrogen and oxygen atoms in total. The fraction of sp³-hybridized carbons (Fsp3) is 0.0476. The maximum absolute atomic E-state index is 7.48. The molecule has 5 rings (SSSR count). The summed E-state index contributed by atoms with van der Waals surface area (Å²) in [4.78, 5) is 2.33. The van der Waals surface area contributed by atoms with E-state index in [2.05, 4.69) is 77.7 Å². The Morgan fingerprint density at radius 1 is 0.680 bits per heavy atom. The van der Waals surface area contributed by atoms with Gasteiger partial charge in [0.25, 0.3) is 0 Å². The summed E-state index contributed by atoms with van der Waals surface area (Å²) in [6, 6.07) is 26.4. The third-order valence-corrected chi connectivity index (χ3v) is 23.1. The summed E-state index contributed by atoms with van der Waals surface area (Å²) in [5.74, 6) is 0. The minimum absolute atomic E-state index is 1.28. The van der Waals surface area contributed by atoms with E-state index in [1.165, 1.54) is 36.9 Å². The monoisotopic (exact) mass is 526 g/mol. The normalized spacial score (nSPS) is 15.2. The zero-order chi connectivity index (χ0) is 17.2. The van der Waals surface area contributed by atoms with Crippen molar-refractivity contribution in [3.8, 4) is 0 Å². The molecule has 4 aromatic carbocycles. The molecule has 1 aliphatic heterocycles. The SMILES string of the molecule is [CH3][Sn]1([Cl])[c]2cccc3ccc[c](c23)[Ga]([Cl])[c]2cccc3ccc[c]1c23. The second-order valence-corrected chi connectivity index (χ2v) is 27.1. The van der Waals surface area contributed by atoms with Gasteiger partial charge in [-0.15, -0.1) is 0 Å². The van der Waals surface area contributed by atoms with Gasteiger partial charge in [-0.1, -0.05) is 0 Å². The summed E-state index contributed by atoms with van der Waals surface area (Å²) < 4.78 is 5.49. The Bertz CT molecular complexity index is 1050. The summed E-state index contributed by atoms with van der Waals surface area (Å²) in [6.07, 6.45) is 0. The molecular formula is C21H15Cl2GaSn. The number of halogens is 2. The Labute approximate surface area is 164 Å². The average molecular weight is 527 g/mol. The first-order valence-electron chi connectivity index (χ1n) is 8.46. The van der Waals surface area contributed by atoms with Gasteiger partial charge in [0, 0.05) is 0 Å². The summed E-state index contributed by atoms with van der Waals surface area (Å²) in [6.45, 7) is 0. The van der Waals surface area contributed by atoms with Crippen LogP contribution in [0.3, 0.4) is 0 Å². The van der Waals surface area contributed by atoms with E-state index in [9.17, 15) is 0 Å². The van der Waals surface area contributed by atoms with Crippen molar-refractivity contribution in [3.63, 3.8) is 0 Å². The van der Waals surface area contributed by atoms with Gasteiger partial charge in [-0.2, -0.15) is 0 Å². The number of benzene rings is 4. The molecule has 1 aliphatic rings. The quantitative estimate of drug-likeness (QED) is 0.308. The fourth-order valence-electron chi connectivity index (χ4n) is 4.26. The molecular weight excluding hydrogens is 512 g/mol. The average Bonchev–Trinajstić information content (AvgIpc) is 2.64. The van der Waals surface area contributed by atoms with Gasteiger partial charge in [-0.3, -0.25) is 0 Å². The van der Waals surface area contributed by atoms with Crippen LogP contribution in [0.5, 0.6) is 0 Å². The molecule has 0 amide bonds. The molecule has 0 fully saturated rings. The first kappa shape index (κ1) is 16.6. The second kappa shape index (κ2) is 5.96. The molecule has 4 aromatic rings. The zero-order valence-electron chi connectivity index (χ0n) is 13.8. The predicted molar refractivity (Wildman–Crippen MR) is 116 cm³/mol. The van der Waals surface area contributed by atoms with Crippen LogP contribution in [-0.4, -0.2) is 32.5 Å². The summed E-state index contributed by atoms with van der Waals surface area (Å²) >= 11 is -5.66. The van der Waals surface area contributed by atoms with Crippen molar-refractivity contribution in [2.75, 3.05) is 0 Å². The van der Waals surface area contributed by atoms with Gasteiger partial charge in [0.2, 0.25) is 0 Å². The van der Waals surface area contributed by atoms with Crippen LogP contribution in [0.2, 0.25) is 4.94 Å². The molecule has 0 bridgehead atoms. The van der Waals surface area contributed by atoms with Crippen LogP contribution in [-0.2, 0) is 0 Å². The second-order valence-electron chi connectivity index (χ2n) is 6.87. The summed E-state index contributed by atoms with van der Waals surface area (Å²) in [5, 5.41) is 5.26. The molecule has 1 heterocycles. The van der Waals surface area contributed by atoms with Crippen molar-refractivity contribution in [1.29, 1.82) is 0 Å². The van der Waals surface area contributed by atoms with Crippen LogP contribution >= 0.6 is 18.6 Å². The molecule has 25 heavy (non-hydrogen) atoms. The van der Waals surface area contributed by atoms with Crippen LogP contribution in [0.25, 0.3) is 21.5 Å². The molecule has 0 aliphatic carbocycles. The van der Waals surface area contributed by atoms with Gasteiger partial charge >= 0.3 is 166 Å². The Morgan fingerprint density at radius 3 is 1.52 bits per heavy atom. The summed E-state index contributed by atoms with van der Waals surface area (Å²) in [5.41, 5.74) is 0. The minimum atomic E-state index is -3.27. The summed E-state index contributed by atoms with van der Waals surface area (Å²) in [7, 11) is 14.7. The molecule has 0 unspecified atom stereocenters. The third-order valence-electron chi connectivity index (χ3n) is 5.43. The molecule has 0 radical (unpaired) electrons. The number of hydrogen-bond donors (Lipinski definition) is 0. The van der Waals surface area contributed by atoms with Gasteiger partial charge in [0.05, 0.1) is 0 Å². The molecule has 0 N–H and O–H groups in total. The fourth-order valence-corrected chi connectivity index (χ4v) is 21.8. The van der Waals surface area contributed by atoms with Crippen molar-refractivity contribution in [1.82, 2.24) is 0 Å². The molecule has 0 aromatic heterocycles. The molecule has 4 heteroatoms. The molecule has 0 spiro atoms. The van der Waals surface area contributed by atoms with Crippen molar-refractivity contribution < 1.29 is 0 Å². The van der Waals surface area contributed by atoms with Gasteiger partial charge in [0.15, 0.2) is 0 Å². The van der Waals surface area contributed by atoms with Gasteiger partial charge in [-0.05, 0) is 0 Å². The van der Waals surface area contributed by atoms with E-state index < -0.39 is 32.5 Å². The third kappa shape index (κ3) is 2.36. The van der Waals surface area contributed by atoms with E-state index in [4.69, 9.17) is 18.6 Å². The Balaban J connectivity index is 2.05. The van der Waals surface area contributed by atoms with E-state index in [1.54, 1.807) is 0 Å². The van der Waals surface area contributed by atoms with Gasteiger partial charge in [-0.25, -0.2) is 0 Å². The first-order valence-corrected chi connectivity index (χ1v) is 23.4. The van der Waals surface area contributed by atoms with Crippen LogP contribution < -0.4 is 15.4 Å². The Morgan fingerprint density at radius 2 is 1.08 bits per heavy atom. The number of rotatable bonds is 0. The van der Waals surface area contributed by atoms with Crippen LogP contribution in [0.1, 0.15) is 0 Å². The van der Waals surface area contributed by atoms with E-state index in [0.29, 0.717) is 0 Å². The van der Waals surface area contributed by atoms with Crippen molar-refractivity contribution in [2.45, 2.75) is 4.94 Å². The van der Waals surface area contributed by atoms with Crippen molar-refractivity contribution in [3.05, 3.63) is 72.8 Å². The Kier molecular flexibility index (Phi) is 3.95. The van der Waals surface area contributed by atoms with Gasteiger partial charge < -0.3 is 0 Å². The van der Waals surface area contributed by atoms with E-state index in [0.717, 1.165) is 0 Å². The standard InChI is InChI=1S/2C10H6.CH3.2ClH.Ga.Sn/c2*1-2-6-10-8-4-3-7-9(10)5-1;;;;;/h2*1-5,7H;1H3;2*1H;;/q;;;;;2*+1/p-2. The molecule has 0 saturated heterocycles. The van der Waals surface area contributed by atoms with Crippen LogP contribution in [0, 0.1) is 0 Å². The molecule has 120 valence electrons. The first-order chi connectivity index (χ1) is 12.1.